The van der Waals surface area contributed by atoms with Gasteiger partial charge in [-0.05, 0) is 30.7 Å². The van der Waals surface area contributed by atoms with Gasteiger partial charge in [0, 0.05) is 21.8 Å². The van der Waals surface area contributed by atoms with Crippen LogP contribution in [0.1, 0.15) is 16.7 Å². The Bertz CT molecular complexity index is 672. The maximum atomic E-state index is 11.2. The number of ether oxygens (including phenoxy) is 1. The Morgan fingerprint density at radius 3 is 2.75 bits per heavy atom. The lowest BCUT2D eigenvalue weighted by molar-refractivity contribution is 0.0996. The number of aryl methyl sites for hydroxylation is 1. The van der Waals surface area contributed by atoms with Crippen molar-refractivity contribution >= 4 is 17.3 Å². The molecule has 0 spiro atoms. The van der Waals surface area contributed by atoms with Crippen LogP contribution in [-0.4, -0.2) is 18.8 Å². The topological polar surface area (TPSA) is 41.5 Å². The minimum Gasteiger partial charge on any atom is -0.496 e. The van der Waals surface area contributed by atoms with Crippen LogP contribution in [-0.2, 0) is 5.60 Å². The van der Waals surface area contributed by atoms with E-state index in [1.807, 2.05) is 43.3 Å². The molecular formula is C16H16ClNO2. The SMILES string of the molecule is COc1ccccc1C1(O)CNc2cc(Cl)c(C)cc21. The highest BCUT2D eigenvalue weighted by Gasteiger charge is 2.40. The molecule has 4 heteroatoms. The first-order chi connectivity index (χ1) is 9.56. The molecule has 1 unspecified atom stereocenters. The third-order valence-corrected chi connectivity index (χ3v) is 4.24. The first kappa shape index (κ1) is 13.3. The Labute approximate surface area is 123 Å². The maximum absolute atomic E-state index is 11.2. The highest BCUT2D eigenvalue weighted by atomic mass is 35.5. The molecule has 3 rings (SSSR count). The van der Waals surface area contributed by atoms with Crippen LogP contribution >= 0.6 is 11.6 Å². The van der Waals surface area contributed by atoms with Gasteiger partial charge in [0.25, 0.3) is 0 Å². The van der Waals surface area contributed by atoms with Gasteiger partial charge in [-0.15, -0.1) is 0 Å². The lowest BCUT2D eigenvalue weighted by Crippen LogP contribution is -2.30. The quantitative estimate of drug-likeness (QED) is 0.891. The molecule has 20 heavy (non-hydrogen) atoms. The first-order valence-electron chi connectivity index (χ1n) is 6.46. The van der Waals surface area contributed by atoms with E-state index in [9.17, 15) is 5.11 Å². The van der Waals surface area contributed by atoms with Gasteiger partial charge in [0.05, 0.1) is 13.7 Å². The molecule has 0 aromatic heterocycles. The van der Waals surface area contributed by atoms with E-state index < -0.39 is 5.60 Å². The fourth-order valence-corrected chi connectivity index (χ4v) is 2.88. The van der Waals surface area contributed by atoms with E-state index in [4.69, 9.17) is 16.3 Å². The van der Waals surface area contributed by atoms with E-state index in [0.717, 1.165) is 22.4 Å². The number of halogens is 1. The highest BCUT2D eigenvalue weighted by molar-refractivity contribution is 6.31. The van der Waals surface area contributed by atoms with Gasteiger partial charge < -0.3 is 15.2 Å². The first-order valence-corrected chi connectivity index (χ1v) is 6.84. The van der Waals surface area contributed by atoms with Crippen LogP contribution in [0.25, 0.3) is 0 Å². The molecule has 2 aromatic carbocycles. The molecule has 0 saturated carbocycles. The normalized spacial score (nSPS) is 20.4. The summed E-state index contributed by atoms with van der Waals surface area (Å²) in [5.41, 5.74) is 2.31. The van der Waals surface area contributed by atoms with Crippen molar-refractivity contribution in [3.8, 4) is 5.75 Å². The second-order valence-corrected chi connectivity index (χ2v) is 5.47. The molecule has 0 bridgehead atoms. The maximum Gasteiger partial charge on any atom is 0.137 e. The minimum atomic E-state index is -1.10. The lowest BCUT2D eigenvalue weighted by Gasteiger charge is -2.25. The molecule has 0 radical (unpaired) electrons. The van der Waals surface area contributed by atoms with Gasteiger partial charge >= 0.3 is 0 Å². The van der Waals surface area contributed by atoms with Gasteiger partial charge in [-0.1, -0.05) is 29.8 Å². The fraction of sp³-hybridized carbons (Fsp3) is 0.250. The van der Waals surface area contributed by atoms with E-state index in [1.54, 1.807) is 7.11 Å². The molecular weight excluding hydrogens is 274 g/mol. The Balaban J connectivity index is 2.19. The number of hydrogen-bond acceptors (Lipinski definition) is 3. The van der Waals surface area contributed by atoms with Crippen LogP contribution in [0.4, 0.5) is 5.69 Å². The third-order valence-electron chi connectivity index (χ3n) is 3.83. The Hall–Kier alpha value is -1.71. The van der Waals surface area contributed by atoms with Gasteiger partial charge in [-0.2, -0.15) is 0 Å². The number of methoxy groups -OCH3 is 1. The van der Waals surface area contributed by atoms with E-state index in [-0.39, 0.29) is 0 Å². The number of para-hydroxylation sites is 1. The molecule has 0 saturated heterocycles. The molecule has 1 aliphatic heterocycles. The summed E-state index contributed by atoms with van der Waals surface area (Å²) in [7, 11) is 1.61. The summed E-state index contributed by atoms with van der Waals surface area (Å²) in [6.07, 6.45) is 0. The van der Waals surface area contributed by atoms with Crippen molar-refractivity contribution < 1.29 is 9.84 Å². The highest BCUT2D eigenvalue weighted by Crippen LogP contribution is 2.44. The van der Waals surface area contributed by atoms with E-state index >= 15 is 0 Å². The molecule has 3 nitrogen and oxygen atoms in total. The Morgan fingerprint density at radius 2 is 2.00 bits per heavy atom. The lowest BCUT2D eigenvalue weighted by atomic mass is 9.87. The van der Waals surface area contributed by atoms with Crippen LogP contribution in [0.5, 0.6) is 5.75 Å². The van der Waals surface area contributed by atoms with Gasteiger partial charge in [0.2, 0.25) is 0 Å². The van der Waals surface area contributed by atoms with Gasteiger partial charge in [0.1, 0.15) is 11.4 Å². The van der Waals surface area contributed by atoms with Crippen LogP contribution < -0.4 is 10.1 Å². The zero-order valence-electron chi connectivity index (χ0n) is 11.4. The number of β-amino-alcohol motifs (C(OH)–C–C–N with tert-alkyl or cyclic N) is 1. The summed E-state index contributed by atoms with van der Waals surface area (Å²) in [6, 6.07) is 11.3. The van der Waals surface area contributed by atoms with Gasteiger partial charge in [0.15, 0.2) is 0 Å². The van der Waals surface area contributed by atoms with Crippen molar-refractivity contribution in [3.63, 3.8) is 0 Å². The number of aliphatic hydroxyl groups is 1. The number of fused-ring (bicyclic) bond motifs is 1. The zero-order chi connectivity index (χ0) is 14.3. The molecule has 0 aliphatic carbocycles. The van der Waals surface area contributed by atoms with E-state index in [1.165, 1.54) is 0 Å². The predicted molar refractivity (Wildman–Crippen MR) is 80.7 cm³/mol. The summed E-state index contributed by atoms with van der Waals surface area (Å²) in [4.78, 5) is 0. The second kappa shape index (κ2) is 4.69. The smallest absolute Gasteiger partial charge is 0.137 e. The number of nitrogens with one attached hydrogen (secondary N) is 1. The number of benzene rings is 2. The molecule has 104 valence electrons. The molecule has 2 aromatic rings. The molecule has 2 N–H and O–H groups in total. The molecule has 0 amide bonds. The van der Waals surface area contributed by atoms with Crippen LogP contribution in [0.2, 0.25) is 5.02 Å². The van der Waals surface area contributed by atoms with Crippen molar-refractivity contribution in [2.24, 2.45) is 0 Å². The Kier molecular flexibility index (Phi) is 3.11. The van der Waals surface area contributed by atoms with Crippen molar-refractivity contribution in [2.75, 3.05) is 19.0 Å². The molecule has 1 heterocycles. The van der Waals surface area contributed by atoms with E-state index in [0.29, 0.717) is 17.3 Å². The minimum absolute atomic E-state index is 0.405. The molecule has 1 aliphatic rings. The summed E-state index contributed by atoms with van der Waals surface area (Å²) < 4.78 is 5.38. The van der Waals surface area contributed by atoms with Gasteiger partial charge in [-0.3, -0.25) is 0 Å². The fourth-order valence-electron chi connectivity index (χ4n) is 2.71. The average Bonchev–Trinajstić information content (AvgIpc) is 2.78. The van der Waals surface area contributed by atoms with Crippen LogP contribution in [0.15, 0.2) is 36.4 Å². The summed E-state index contributed by atoms with van der Waals surface area (Å²) in [6.45, 7) is 2.34. The number of anilines is 1. The summed E-state index contributed by atoms with van der Waals surface area (Å²) in [5.74, 6) is 0.678. The van der Waals surface area contributed by atoms with Crippen molar-refractivity contribution in [3.05, 3.63) is 58.1 Å². The summed E-state index contributed by atoms with van der Waals surface area (Å²) in [5, 5.41) is 15.1. The van der Waals surface area contributed by atoms with Crippen molar-refractivity contribution in [1.82, 2.24) is 0 Å². The largest absolute Gasteiger partial charge is 0.496 e. The van der Waals surface area contributed by atoms with E-state index in [2.05, 4.69) is 5.32 Å². The molecule has 1 atom stereocenters. The van der Waals surface area contributed by atoms with Crippen molar-refractivity contribution in [1.29, 1.82) is 0 Å². The second-order valence-electron chi connectivity index (χ2n) is 5.06. The third kappa shape index (κ3) is 1.86. The standard InChI is InChI=1S/C16H16ClNO2/c1-10-7-12-14(8-13(10)17)18-9-16(12,19)11-5-3-4-6-15(11)20-2/h3-8,18-19H,9H2,1-2H3. The van der Waals surface area contributed by atoms with Crippen LogP contribution in [0.3, 0.4) is 0 Å². The zero-order valence-corrected chi connectivity index (χ0v) is 12.2. The van der Waals surface area contributed by atoms with Crippen molar-refractivity contribution in [2.45, 2.75) is 12.5 Å². The molecule has 0 fully saturated rings. The monoisotopic (exact) mass is 289 g/mol. The number of hydrogen-bond donors (Lipinski definition) is 2. The van der Waals surface area contributed by atoms with Gasteiger partial charge in [-0.25, -0.2) is 0 Å². The average molecular weight is 290 g/mol. The summed E-state index contributed by atoms with van der Waals surface area (Å²) >= 11 is 6.14. The predicted octanol–water partition coefficient (Wildman–Crippen LogP) is 3.32. The number of rotatable bonds is 2. The van der Waals surface area contributed by atoms with Crippen LogP contribution in [0, 0.1) is 6.92 Å². The Morgan fingerprint density at radius 1 is 1.25 bits per heavy atom.